The lowest BCUT2D eigenvalue weighted by molar-refractivity contribution is 0.104. The number of unbranched alkanes of at least 4 members (excludes halogenated alkanes) is 13. The number of hydrogen-bond donors (Lipinski definition) is 0. The predicted molar refractivity (Wildman–Crippen MR) is 140 cm³/mol. The number of aryl methyl sites for hydroxylation is 1. The largest absolute Gasteiger partial charge is 0.490 e. The first-order valence-electron chi connectivity index (χ1n) is 13.7. The van der Waals surface area contributed by atoms with Gasteiger partial charge in [-0.15, -0.1) is 11.6 Å². The first kappa shape index (κ1) is 28.0. The van der Waals surface area contributed by atoms with Crippen LogP contribution in [0, 0.1) is 6.92 Å². The number of rotatable bonds is 18. The van der Waals surface area contributed by atoms with Crippen LogP contribution < -0.4 is 5.56 Å². The third-order valence-corrected chi connectivity index (χ3v) is 6.98. The van der Waals surface area contributed by atoms with Gasteiger partial charge in [-0.3, -0.25) is 9.36 Å². The summed E-state index contributed by atoms with van der Waals surface area (Å²) in [5.74, 6) is 1.21. The Balaban J connectivity index is 1.56. The van der Waals surface area contributed by atoms with E-state index in [-0.39, 0.29) is 11.7 Å². The fraction of sp³-hybridized carbons (Fsp3) is 0.786. The number of hydrogen-bond acceptors (Lipinski definition) is 3. The third-order valence-electron chi connectivity index (χ3n) is 6.79. The normalized spacial score (nSPS) is 15.8. The smallest absolute Gasteiger partial charge is 0.257 e. The number of fused-ring (bicyclic) bond motifs is 1. The van der Waals surface area contributed by atoms with E-state index in [2.05, 4.69) is 13.0 Å². The lowest BCUT2D eigenvalue weighted by atomic mass is 10.0. The highest BCUT2D eigenvalue weighted by Crippen LogP contribution is 2.26. The molecule has 1 atom stereocenters. The van der Waals surface area contributed by atoms with Crippen LogP contribution in [-0.2, 0) is 17.7 Å². The highest BCUT2D eigenvalue weighted by Gasteiger charge is 2.25. The lowest BCUT2D eigenvalue weighted by Gasteiger charge is -2.26. The number of ether oxygens (including phenoxy) is 1. The average Bonchev–Trinajstić information content (AvgIpc) is 2.82. The van der Waals surface area contributed by atoms with Crippen molar-refractivity contribution in [2.45, 2.75) is 136 Å². The molecule has 0 bridgehead atoms. The number of halogens is 1. The molecule has 4 nitrogen and oxygen atoms in total. The van der Waals surface area contributed by atoms with Gasteiger partial charge in [0, 0.05) is 23.7 Å². The minimum absolute atomic E-state index is 0.0578. The summed E-state index contributed by atoms with van der Waals surface area (Å²) >= 11 is 5.86. The van der Waals surface area contributed by atoms with E-state index >= 15 is 0 Å². The van der Waals surface area contributed by atoms with Crippen LogP contribution >= 0.6 is 11.6 Å². The third kappa shape index (κ3) is 10.2. The van der Waals surface area contributed by atoms with Crippen molar-refractivity contribution in [3.63, 3.8) is 0 Å². The molecule has 1 aliphatic rings. The van der Waals surface area contributed by atoms with Gasteiger partial charge in [0.1, 0.15) is 0 Å². The fourth-order valence-corrected chi connectivity index (χ4v) is 4.95. The molecule has 2 heterocycles. The van der Waals surface area contributed by atoms with Crippen molar-refractivity contribution >= 4 is 11.6 Å². The fourth-order valence-electron chi connectivity index (χ4n) is 4.76. The topological polar surface area (TPSA) is 44.1 Å². The van der Waals surface area contributed by atoms with Gasteiger partial charge < -0.3 is 4.74 Å². The van der Waals surface area contributed by atoms with E-state index in [1.54, 1.807) is 4.57 Å². The highest BCUT2D eigenvalue weighted by molar-refractivity contribution is 6.17. The maximum atomic E-state index is 12.8. The SMILES string of the molecule is CCCCCCCCCCCCCCCC=COC1CCCn2c1nc(C)c(CCCl)c2=O. The van der Waals surface area contributed by atoms with Gasteiger partial charge in [-0.05, 0) is 45.1 Å². The van der Waals surface area contributed by atoms with Gasteiger partial charge in [-0.2, -0.15) is 0 Å². The molecule has 0 saturated heterocycles. The van der Waals surface area contributed by atoms with Crippen LogP contribution in [0.2, 0.25) is 0 Å². The monoisotopic (exact) mass is 478 g/mol. The molecular weight excluding hydrogens is 432 g/mol. The predicted octanol–water partition coefficient (Wildman–Crippen LogP) is 8.18. The Kier molecular flexibility index (Phi) is 14.6. The molecule has 0 fully saturated rings. The molecule has 188 valence electrons. The number of nitrogens with zero attached hydrogens (tertiary/aromatic N) is 2. The van der Waals surface area contributed by atoms with Crippen LogP contribution in [0.1, 0.15) is 133 Å². The Hall–Kier alpha value is -1.29. The number of allylic oxidation sites excluding steroid dienone is 1. The van der Waals surface area contributed by atoms with Crippen molar-refractivity contribution in [1.82, 2.24) is 9.55 Å². The van der Waals surface area contributed by atoms with Crippen molar-refractivity contribution < 1.29 is 4.74 Å². The second-order valence-corrected chi connectivity index (χ2v) is 9.98. The van der Waals surface area contributed by atoms with Crippen molar-refractivity contribution in [2.24, 2.45) is 0 Å². The van der Waals surface area contributed by atoms with Crippen LogP contribution in [0.3, 0.4) is 0 Å². The molecule has 0 spiro atoms. The molecule has 2 rings (SSSR count). The zero-order valence-corrected chi connectivity index (χ0v) is 22.0. The first-order valence-corrected chi connectivity index (χ1v) is 14.2. The molecule has 0 aromatic carbocycles. The summed E-state index contributed by atoms with van der Waals surface area (Å²) in [4.78, 5) is 17.5. The van der Waals surface area contributed by atoms with E-state index in [1.165, 1.54) is 83.5 Å². The molecule has 1 unspecified atom stereocenters. The molecular formula is C28H47ClN2O2. The summed E-state index contributed by atoms with van der Waals surface area (Å²) in [6.45, 7) is 4.91. The second kappa shape index (κ2) is 17.2. The van der Waals surface area contributed by atoms with E-state index in [4.69, 9.17) is 21.3 Å². The van der Waals surface area contributed by atoms with Gasteiger partial charge in [0.25, 0.3) is 5.56 Å². The van der Waals surface area contributed by atoms with Gasteiger partial charge in [0.05, 0.1) is 6.26 Å². The van der Waals surface area contributed by atoms with Gasteiger partial charge >= 0.3 is 0 Å². The van der Waals surface area contributed by atoms with E-state index in [9.17, 15) is 4.79 Å². The quantitative estimate of drug-likeness (QED) is 0.121. The summed E-state index contributed by atoms with van der Waals surface area (Å²) in [6.07, 6.45) is 25.2. The molecule has 1 aromatic rings. The van der Waals surface area contributed by atoms with Crippen molar-refractivity contribution in [3.8, 4) is 0 Å². The molecule has 5 heteroatoms. The van der Waals surface area contributed by atoms with E-state index in [0.717, 1.165) is 42.9 Å². The van der Waals surface area contributed by atoms with Crippen LogP contribution in [0.25, 0.3) is 0 Å². The zero-order valence-electron chi connectivity index (χ0n) is 21.3. The summed E-state index contributed by atoms with van der Waals surface area (Å²) in [7, 11) is 0. The average molecular weight is 479 g/mol. The minimum Gasteiger partial charge on any atom is -0.490 e. The summed E-state index contributed by atoms with van der Waals surface area (Å²) < 4.78 is 7.80. The molecule has 0 amide bonds. The molecule has 33 heavy (non-hydrogen) atoms. The Morgan fingerprint density at radius 2 is 1.61 bits per heavy atom. The summed E-state index contributed by atoms with van der Waals surface area (Å²) in [5.41, 5.74) is 1.59. The Morgan fingerprint density at radius 1 is 1.00 bits per heavy atom. The summed E-state index contributed by atoms with van der Waals surface area (Å²) in [6, 6.07) is 0. The van der Waals surface area contributed by atoms with E-state index in [1.807, 2.05) is 13.2 Å². The van der Waals surface area contributed by atoms with Gasteiger partial charge in [-0.1, -0.05) is 84.0 Å². The van der Waals surface area contributed by atoms with Gasteiger partial charge in [0.15, 0.2) is 11.9 Å². The lowest BCUT2D eigenvalue weighted by Crippen LogP contribution is -2.34. The van der Waals surface area contributed by atoms with Gasteiger partial charge in [-0.25, -0.2) is 4.98 Å². The maximum absolute atomic E-state index is 12.8. The summed E-state index contributed by atoms with van der Waals surface area (Å²) in [5, 5.41) is 0. The first-order chi connectivity index (χ1) is 16.2. The van der Waals surface area contributed by atoms with E-state index in [0.29, 0.717) is 12.3 Å². The highest BCUT2D eigenvalue weighted by atomic mass is 35.5. The Morgan fingerprint density at radius 3 is 2.21 bits per heavy atom. The number of aromatic nitrogens is 2. The maximum Gasteiger partial charge on any atom is 0.257 e. The molecule has 0 saturated carbocycles. The zero-order chi connectivity index (χ0) is 23.7. The van der Waals surface area contributed by atoms with Gasteiger partial charge in [0.2, 0.25) is 0 Å². The van der Waals surface area contributed by atoms with Crippen LogP contribution in [0.15, 0.2) is 17.1 Å². The van der Waals surface area contributed by atoms with E-state index < -0.39 is 0 Å². The van der Waals surface area contributed by atoms with Crippen LogP contribution in [0.4, 0.5) is 0 Å². The second-order valence-electron chi connectivity index (χ2n) is 9.60. The number of alkyl halides is 1. The standard InChI is InChI=1S/C28H47ClN2O2/c1-3-4-5-6-7-8-9-10-11-12-13-14-15-16-17-23-33-26-19-18-22-31-27(26)30-24(2)25(20-21-29)28(31)32/h17,23,26H,3-16,18-22H2,1-2H3. The molecule has 0 N–H and O–H groups in total. The molecule has 0 radical (unpaired) electrons. The van der Waals surface area contributed by atoms with Crippen molar-refractivity contribution in [1.29, 1.82) is 0 Å². The van der Waals surface area contributed by atoms with Crippen LogP contribution in [0.5, 0.6) is 0 Å². The van der Waals surface area contributed by atoms with Crippen molar-refractivity contribution in [2.75, 3.05) is 5.88 Å². The Bertz CT molecular complexity index is 744. The molecule has 1 aromatic heterocycles. The van der Waals surface area contributed by atoms with Crippen LogP contribution in [-0.4, -0.2) is 15.4 Å². The van der Waals surface area contributed by atoms with Crippen molar-refractivity contribution in [3.05, 3.63) is 39.8 Å². The molecule has 0 aliphatic carbocycles. The molecule has 1 aliphatic heterocycles. The minimum atomic E-state index is -0.127. The Labute approximate surface area is 207 Å².